The molecule has 1 heterocycles. The van der Waals surface area contributed by atoms with E-state index in [-0.39, 0.29) is 36.8 Å². The van der Waals surface area contributed by atoms with Gasteiger partial charge in [-0.05, 0) is 43.8 Å². The zero-order valence-corrected chi connectivity index (χ0v) is 16.8. The smallest absolute Gasteiger partial charge is 0.337 e. The zero-order chi connectivity index (χ0) is 21.0. The Hall–Kier alpha value is -3.19. The van der Waals surface area contributed by atoms with Crippen molar-refractivity contribution in [2.75, 3.05) is 30.9 Å². The number of esters is 1. The van der Waals surface area contributed by atoms with Crippen molar-refractivity contribution in [3.63, 3.8) is 0 Å². The predicted molar refractivity (Wildman–Crippen MR) is 111 cm³/mol. The second-order valence-corrected chi connectivity index (χ2v) is 7.24. The van der Waals surface area contributed by atoms with Gasteiger partial charge in [-0.25, -0.2) is 4.79 Å². The molecule has 2 aromatic rings. The van der Waals surface area contributed by atoms with Gasteiger partial charge in [0.15, 0.2) is 0 Å². The van der Waals surface area contributed by atoms with Crippen molar-refractivity contribution in [3.8, 4) is 0 Å². The van der Waals surface area contributed by atoms with Crippen LogP contribution in [0.2, 0.25) is 0 Å². The minimum atomic E-state index is -0.378. The third kappa shape index (κ3) is 4.81. The molecule has 2 aromatic carbocycles. The van der Waals surface area contributed by atoms with Gasteiger partial charge in [0.1, 0.15) is 0 Å². The lowest BCUT2D eigenvalue weighted by atomic mass is 10.1. The van der Waals surface area contributed by atoms with Crippen molar-refractivity contribution in [2.45, 2.75) is 25.9 Å². The maximum absolute atomic E-state index is 13.1. The van der Waals surface area contributed by atoms with Crippen LogP contribution in [-0.2, 0) is 20.9 Å². The second kappa shape index (κ2) is 8.87. The molecule has 7 nitrogen and oxygen atoms in total. The lowest BCUT2D eigenvalue weighted by Gasteiger charge is -2.29. The quantitative estimate of drug-likeness (QED) is 0.788. The maximum atomic E-state index is 13.1. The zero-order valence-electron chi connectivity index (χ0n) is 16.8. The molecule has 152 valence electrons. The van der Waals surface area contributed by atoms with Crippen LogP contribution >= 0.6 is 0 Å². The van der Waals surface area contributed by atoms with Crippen LogP contribution in [0.4, 0.5) is 11.4 Å². The summed E-state index contributed by atoms with van der Waals surface area (Å²) in [5, 5.41) is 2.87. The third-order valence-corrected chi connectivity index (χ3v) is 4.86. The standard InChI is InChI=1S/C22H25N3O4/c1-15-12-20(26)23-18-6-4-5-7-19(18)25(15)21(27)14-24(2)13-16-8-10-17(11-9-16)22(28)29-3/h4-11,15H,12-14H2,1-3H3,(H,23,26)/t15-/m1/s1. The highest BCUT2D eigenvalue weighted by molar-refractivity contribution is 6.04. The highest BCUT2D eigenvalue weighted by atomic mass is 16.5. The molecule has 0 saturated carbocycles. The van der Waals surface area contributed by atoms with Gasteiger partial charge in [-0.15, -0.1) is 0 Å². The van der Waals surface area contributed by atoms with E-state index in [9.17, 15) is 14.4 Å². The first-order valence-corrected chi connectivity index (χ1v) is 9.45. The Labute approximate surface area is 170 Å². The Morgan fingerprint density at radius 1 is 1.17 bits per heavy atom. The van der Waals surface area contributed by atoms with E-state index in [2.05, 4.69) is 5.32 Å². The average molecular weight is 395 g/mol. The largest absolute Gasteiger partial charge is 0.465 e. The second-order valence-electron chi connectivity index (χ2n) is 7.24. The normalized spacial score (nSPS) is 16.1. The van der Waals surface area contributed by atoms with Crippen LogP contribution in [0.15, 0.2) is 48.5 Å². The molecule has 1 aliphatic rings. The van der Waals surface area contributed by atoms with Gasteiger partial charge in [-0.3, -0.25) is 14.5 Å². The van der Waals surface area contributed by atoms with Crippen molar-refractivity contribution in [1.82, 2.24) is 4.90 Å². The highest BCUT2D eigenvalue weighted by Gasteiger charge is 2.29. The molecule has 7 heteroatoms. The molecule has 0 unspecified atom stereocenters. The molecule has 0 aliphatic carbocycles. The van der Waals surface area contributed by atoms with Gasteiger partial charge < -0.3 is 15.0 Å². The molecule has 3 rings (SSSR count). The number of benzene rings is 2. The van der Waals surface area contributed by atoms with Gasteiger partial charge in [-0.2, -0.15) is 0 Å². The van der Waals surface area contributed by atoms with Gasteiger partial charge in [0, 0.05) is 19.0 Å². The first kappa shape index (κ1) is 20.5. The average Bonchev–Trinajstić information content (AvgIpc) is 2.81. The molecule has 0 fully saturated rings. The fourth-order valence-electron chi connectivity index (χ4n) is 3.51. The van der Waals surface area contributed by atoms with Crippen molar-refractivity contribution in [1.29, 1.82) is 0 Å². The van der Waals surface area contributed by atoms with E-state index < -0.39 is 0 Å². The molecule has 0 saturated heterocycles. The first-order valence-electron chi connectivity index (χ1n) is 9.45. The van der Waals surface area contributed by atoms with Crippen LogP contribution in [0.1, 0.15) is 29.3 Å². The Morgan fingerprint density at radius 3 is 2.55 bits per heavy atom. The van der Waals surface area contributed by atoms with Crippen molar-refractivity contribution < 1.29 is 19.1 Å². The predicted octanol–water partition coefficient (Wildman–Crippen LogP) is 2.67. The molecular formula is C22H25N3O4. The number of hydrogen-bond donors (Lipinski definition) is 1. The van der Waals surface area contributed by atoms with Crippen molar-refractivity contribution >= 4 is 29.2 Å². The molecule has 1 N–H and O–H groups in total. The first-order chi connectivity index (χ1) is 13.9. The molecule has 0 spiro atoms. The van der Waals surface area contributed by atoms with Gasteiger partial charge in [0.25, 0.3) is 0 Å². The number of nitrogens with one attached hydrogen (secondary N) is 1. The summed E-state index contributed by atoms with van der Waals surface area (Å²) in [6.45, 7) is 2.63. The number of rotatable bonds is 5. The van der Waals surface area contributed by atoms with Crippen LogP contribution in [-0.4, -0.2) is 49.4 Å². The molecule has 0 aromatic heterocycles. The van der Waals surface area contributed by atoms with Crippen molar-refractivity contribution in [2.24, 2.45) is 0 Å². The van der Waals surface area contributed by atoms with Gasteiger partial charge in [0.05, 0.1) is 30.6 Å². The van der Waals surface area contributed by atoms with E-state index in [1.165, 1.54) is 7.11 Å². The third-order valence-electron chi connectivity index (χ3n) is 4.86. The van der Waals surface area contributed by atoms with Crippen LogP contribution < -0.4 is 10.2 Å². The van der Waals surface area contributed by atoms with E-state index in [0.717, 1.165) is 5.56 Å². The van der Waals surface area contributed by atoms with E-state index in [1.54, 1.807) is 23.1 Å². The van der Waals surface area contributed by atoms with Gasteiger partial charge >= 0.3 is 5.97 Å². The molecule has 0 bridgehead atoms. The molecule has 1 aliphatic heterocycles. The van der Waals surface area contributed by atoms with E-state index >= 15 is 0 Å². The van der Waals surface area contributed by atoms with Gasteiger partial charge in [-0.1, -0.05) is 24.3 Å². The number of carbonyl (C=O) groups is 3. The minimum absolute atomic E-state index is 0.0740. The lowest BCUT2D eigenvalue weighted by Crippen LogP contribution is -2.44. The number of hydrogen-bond acceptors (Lipinski definition) is 5. The van der Waals surface area contributed by atoms with Crippen LogP contribution in [0.5, 0.6) is 0 Å². The van der Waals surface area contributed by atoms with E-state index in [4.69, 9.17) is 4.74 Å². The summed E-state index contributed by atoms with van der Waals surface area (Å²) in [4.78, 5) is 40.3. The Bertz CT molecular complexity index is 911. The summed E-state index contributed by atoms with van der Waals surface area (Å²) >= 11 is 0. The SMILES string of the molecule is COC(=O)c1ccc(CN(C)CC(=O)N2c3ccccc3NC(=O)C[C@H]2C)cc1. The Balaban J connectivity index is 1.70. The number of fused-ring (bicyclic) bond motifs is 1. The minimum Gasteiger partial charge on any atom is -0.465 e. The fraction of sp³-hybridized carbons (Fsp3) is 0.318. The maximum Gasteiger partial charge on any atom is 0.337 e. The number of ether oxygens (including phenoxy) is 1. The molecule has 2 amide bonds. The number of carbonyl (C=O) groups excluding carboxylic acids is 3. The van der Waals surface area contributed by atoms with E-state index in [1.807, 2.05) is 49.2 Å². The topological polar surface area (TPSA) is 79.0 Å². The number of methoxy groups -OCH3 is 1. The summed E-state index contributed by atoms with van der Waals surface area (Å²) in [7, 11) is 3.21. The summed E-state index contributed by atoms with van der Waals surface area (Å²) < 4.78 is 4.70. The molecular weight excluding hydrogens is 370 g/mol. The number of likely N-dealkylation sites (N-methyl/N-ethyl adjacent to an activating group) is 1. The number of para-hydroxylation sites is 2. The molecule has 1 atom stereocenters. The Morgan fingerprint density at radius 2 is 1.86 bits per heavy atom. The summed E-state index contributed by atoms with van der Waals surface area (Å²) in [5.74, 6) is -0.550. The monoisotopic (exact) mass is 395 g/mol. The molecule has 29 heavy (non-hydrogen) atoms. The van der Waals surface area contributed by atoms with Crippen LogP contribution in [0.25, 0.3) is 0 Å². The van der Waals surface area contributed by atoms with Gasteiger partial charge in [0.2, 0.25) is 11.8 Å². The van der Waals surface area contributed by atoms with E-state index in [0.29, 0.717) is 23.5 Å². The van der Waals surface area contributed by atoms with Crippen LogP contribution in [0, 0.1) is 0 Å². The number of anilines is 2. The summed E-state index contributed by atoms with van der Waals surface area (Å²) in [5.41, 5.74) is 2.83. The van der Waals surface area contributed by atoms with Crippen LogP contribution in [0.3, 0.4) is 0 Å². The lowest BCUT2D eigenvalue weighted by molar-refractivity contribution is -0.120. The fourth-order valence-corrected chi connectivity index (χ4v) is 3.51. The van der Waals surface area contributed by atoms with Crippen molar-refractivity contribution in [3.05, 3.63) is 59.7 Å². The number of amides is 2. The summed E-state index contributed by atoms with van der Waals surface area (Å²) in [6.07, 6.45) is 0.249. The Kier molecular flexibility index (Phi) is 6.29. The highest BCUT2D eigenvalue weighted by Crippen LogP contribution is 2.31. The molecule has 0 radical (unpaired) electrons. The summed E-state index contributed by atoms with van der Waals surface area (Å²) in [6, 6.07) is 14.2. The number of nitrogens with zero attached hydrogens (tertiary/aromatic N) is 2.